The summed E-state index contributed by atoms with van der Waals surface area (Å²) >= 11 is 9.94. The number of rotatable bonds is 6. The molecular weight excluding hydrogens is 620 g/mol. The molecule has 9 heteroatoms. The number of anilines is 1. The van der Waals surface area contributed by atoms with Gasteiger partial charge in [-0.3, -0.25) is 14.4 Å². The molecule has 4 aromatic carbocycles. The number of carbonyl (C=O) groups excluding carboxylic acids is 4. The number of hydrogen-bond acceptors (Lipinski definition) is 6. The van der Waals surface area contributed by atoms with Gasteiger partial charge in [-0.1, -0.05) is 66.2 Å². The van der Waals surface area contributed by atoms with Gasteiger partial charge in [0.2, 0.25) is 0 Å². The number of hydrogen-bond donors (Lipinski definition) is 0. The van der Waals surface area contributed by atoms with E-state index >= 15 is 0 Å². The second kappa shape index (κ2) is 11.0. The van der Waals surface area contributed by atoms with E-state index < -0.39 is 24.4 Å². The standard InChI is InChI=1S/C33H20BrClN2O5/c1-18-29(35)26(34)15-24-25(33(41)42-17-28(38)20-7-3-2-4-8-20)16-27(36-30(18)24)19-11-13-21(14-12-19)37-31(39)22-9-5-6-10-23(22)32(37)40/h2-16H,17H2,1H3. The van der Waals surface area contributed by atoms with Crippen LogP contribution in [0.3, 0.4) is 0 Å². The molecule has 42 heavy (non-hydrogen) atoms. The van der Waals surface area contributed by atoms with E-state index in [2.05, 4.69) is 15.9 Å². The number of aromatic nitrogens is 1. The molecule has 6 rings (SSSR count). The van der Waals surface area contributed by atoms with Crippen LogP contribution in [0.25, 0.3) is 22.2 Å². The molecule has 5 aromatic rings. The summed E-state index contributed by atoms with van der Waals surface area (Å²) < 4.78 is 6.03. The summed E-state index contributed by atoms with van der Waals surface area (Å²) in [5, 5.41) is 0.957. The number of ketones is 1. The predicted molar refractivity (Wildman–Crippen MR) is 163 cm³/mol. The van der Waals surface area contributed by atoms with Crippen molar-refractivity contribution in [2.75, 3.05) is 11.5 Å². The van der Waals surface area contributed by atoms with E-state index in [1.165, 1.54) is 0 Å². The molecule has 2 heterocycles. The Balaban J connectivity index is 1.36. The maximum atomic E-state index is 13.4. The van der Waals surface area contributed by atoms with Gasteiger partial charge in [0.05, 0.1) is 38.6 Å². The molecule has 0 aliphatic carbocycles. The largest absolute Gasteiger partial charge is 0.454 e. The molecule has 0 bridgehead atoms. The van der Waals surface area contributed by atoms with Crippen molar-refractivity contribution in [2.24, 2.45) is 0 Å². The molecule has 1 aliphatic heterocycles. The van der Waals surface area contributed by atoms with Crippen molar-refractivity contribution in [3.8, 4) is 11.3 Å². The van der Waals surface area contributed by atoms with Crippen molar-refractivity contribution in [1.82, 2.24) is 4.98 Å². The molecule has 1 aliphatic rings. The minimum absolute atomic E-state index is 0.209. The van der Waals surface area contributed by atoms with Crippen molar-refractivity contribution in [3.05, 3.63) is 128 Å². The van der Waals surface area contributed by atoms with Gasteiger partial charge in [0, 0.05) is 21.0 Å². The molecule has 0 saturated heterocycles. The average Bonchev–Trinajstić information content (AvgIpc) is 3.28. The maximum absolute atomic E-state index is 13.4. The van der Waals surface area contributed by atoms with Crippen LogP contribution in [0.2, 0.25) is 5.02 Å². The Labute approximate surface area is 253 Å². The fourth-order valence-electron chi connectivity index (χ4n) is 4.90. The number of pyridine rings is 1. The van der Waals surface area contributed by atoms with Crippen LogP contribution in [0, 0.1) is 6.92 Å². The monoisotopic (exact) mass is 638 g/mol. The first-order valence-corrected chi connectivity index (χ1v) is 14.0. The smallest absolute Gasteiger partial charge is 0.339 e. The topological polar surface area (TPSA) is 93.6 Å². The summed E-state index contributed by atoms with van der Waals surface area (Å²) in [5.41, 5.74) is 3.99. The zero-order chi connectivity index (χ0) is 29.5. The Hall–Kier alpha value is -4.66. The molecule has 0 saturated carbocycles. The first-order valence-electron chi connectivity index (χ1n) is 12.9. The SMILES string of the molecule is Cc1c(Cl)c(Br)cc2c(C(=O)OCC(=O)c3ccccc3)cc(-c3ccc(N4C(=O)c5ccccc5C4=O)cc3)nc12. The molecular formula is C33H20BrClN2O5. The molecule has 2 amide bonds. The molecule has 0 spiro atoms. The zero-order valence-corrected chi connectivity index (χ0v) is 24.4. The zero-order valence-electron chi connectivity index (χ0n) is 22.1. The second-order valence-electron chi connectivity index (χ2n) is 9.65. The lowest BCUT2D eigenvalue weighted by Gasteiger charge is -2.15. The fourth-order valence-corrected chi connectivity index (χ4v) is 5.57. The molecule has 0 fully saturated rings. The van der Waals surface area contributed by atoms with Gasteiger partial charge in [-0.05, 0) is 64.8 Å². The summed E-state index contributed by atoms with van der Waals surface area (Å²) in [4.78, 5) is 57.7. The van der Waals surface area contributed by atoms with Gasteiger partial charge in [0.1, 0.15) is 0 Å². The summed E-state index contributed by atoms with van der Waals surface area (Å²) in [5.74, 6) is -1.80. The number of imide groups is 1. The summed E-state index contributed by atoms with van der Waals surface area (Å²) in [6, 6.07) is 25.3. The van der Waals surface area contributed by atoms with Crippen LogP contribution >= 0.6 is 27.5 Å². The Bertz CT molecular complexity index is 1910. The maximum Gasteiger partial charge on any atom is 0.339 e. The molecule has 0 N–H and O–H groups in total. The number of ether oxygens (including phenoxy) is 1. The second-order valence-corrected chi connectivity index (χ2v) is 10.9. The highest BCUT2D eigenvalue weighted by atomic mass is 79.9. The summed E-state index contributed by atoms with van der Waals surface area (Å²) in [6.45, 7) is 1.37. The molecule has 0 unspecified atom stereocenters. The number of carbonyl (C=O) groups is 4. The third-order valence-electron chi connectivity index (χ3n) is 7.09. The number of benzene rings is 4. The molecule has 1 aromatic heterocycles. The number of nitrogens with zero attached hydrogens (tertiary/aromatic N) is 2. The van der Waals surface area contributed by atoms with Crippen LogP contribution < -0.4 is 4.90 Å². The van der Waals surface area contributed by atoms with Crippen LogP contribution in [0.5, 0.6) is 0 Å². The highest BCUT2D eigenvalue weighted by Crippen LogP contribution is 2.36. The fraction of sp³-hybridized carbons (Fsp3) is 0.0606. The number of aryl methyl sites for hydroxylation is 1. The lowest BCUT2D eigenvalue weighted by molar-refractivity contribution is 0.0476. The predicted octanol–water partition coefficient (Wildman–Crippen LogP) is 7.47. The summed E-state index contributed by atoms with van der Waals surface area (Å²) in [7, 11) is 0. The third-order valence-corrected chi connectivity index (χ3v) is 8.43. The quantitative estimate of drug-likeness (QED) is 0.109. The molecule has 0 atom stereocenters. The minimum atomic E-state index is -0.691. The Morgan fingerprint density at radius 3 is 2.14 bits per heavy atom. The Morgan fingerprint density at radius 1 is 0.881 bits per heavy atom. The number of esters is 1. The Kier molecular flexibility index (Phi) is 7.18. The molecule has 7 nitrogen and oxygen atoms in total. The first kappa shape index (κ1) is 27.5. The van der Waals surface area contributed by atoms with Gasteiger partial charge in [-0.2, -0.15) is 0 Å². The van der Waals surface area contributed by atoms with Crippen molar-refractivity contribution >= 4 is 67.7 Å². The first-order chi connectivity index (χ1) is 20.2. The van der Waals surface area contributed by atoms with Crippen LogP contribution in [-0.4, -0.2) is 35.2 Å². The van der Waals surface area contributed by atoms with E-state index in [4.69, 9.17) is 21.3 Å². The van der Waals surface area contributed by atoms with Gasteiger partial charge in [-0.15, -0.1) is 0 Å². The van der Waals surface area contributed by atoms with E-state index in [9.17, 15) is 19.2 Å². The van der Waals surface area contributed by atoms with Crippen molar-refractivity contribution in [2.45, 2.75) is 6.92 Å². The minimum Gasteiger partial charge on any atom is -0.454 e. The number of fused-ring (bicyclic) bond motifs is 2. The van der Waals surface area contributed by atoms with Gasteiger partial charge in [0.15, 0.2) is 12.4 Å². The van der Waals surface area contributed by atoms with E-state index in [1.807, 2.05) is 0 Å². The normalized spacial score (nSPS) is 12.5. The average molecular weight is 640 g/mol. The van der Waals surface area contributed by atoms with Crippen LogP contribution in [0.4, 0.5) is 5.69 Å². The highest BCUT2D eigenvalue weighted by Gasteiger charge is 2.36. The lowest BCUT2D eigenvalue weighted by Crippen LogP contribution is -2.29. The van der Waals surface area contributed by atoms with Crippen molar-refractivity contribution in [1.29, 1.82) is 0 Å². The van der Waals surface area contributed by atoms with Gasteiger partial charge >= 0.3 is 5.97 Å². The van der Waals surface area contributed by atoms with Crippen LogP contribution in [0.15, 0.2) is 95.5 Å². The molecule has 206 valence electrons. The van der Waals surface area contributed by atoms with Crippen LogP contribution in [0.1, 0.15) is 47.0 Å². The number of amides is 2. The van der Waals surface area contributed by atoms with Gasteiger partial charge in [-0.25, -0.2) is 14.7 Å². The van der Waals surface area contributed by atoms with E-state index in [-0.39, 0.29) is 11.3 Å². The Morgan fingerprint density at radius 2 is 1.50 bits per heavy atom. The van der Waals surface area contributed by atoms with Crippen molar-refractivity contribution < 1.29 is 23.9 Å². The molecule has 0 radical (unpaired) electrons. The number of halogens is 2. The van der Waals surface area contributed by atoms with Crippen molar-refractivity contribution in [3.63, 3.8) is 0 Å². The van der Waals surface area contributed by atoms with E-state index in [0.29, 0.717) is 59.6 Å². The van der Waals surface area contributed by atoms with E-state index in [1.54, 1.807) is 97.9 Å². The van der Waals surface area contributed by atoms with Crippen LogP contribution in [-0.2, 0) is 4.74 Å². The third kappa shape index (κ3) is 4.78. The summed E-state index contributed by atoms with van der Waals surface area (Å²) in [6.07, 6.45) is 0. The highest BCUT2D eigenvalue weighted by molar-refractivity contribution is 9.10. The van der Waals surface area contributed by atoms with Gasteiger partial charge in [0.25, 0.3) is 11.8 Å². The lowest BCUT2D eigenvalue weighted by atomic mass is 10.0. The number of Topliss-reactive ketones (excluding diaryl/α,β-unsaturated/α-hetero) is 1. The van der Waals surface area contributed by atoms with Gasteiger partial charge < -0.3 is 4.74 Å². The van der Waals surface area contributed by atoms with E-state index in [0.717, 1.165) is 4.90 Å².